The number of fused-ring (bicyclic) bond motifs is 1. The molecule has 2 fully saturated rings. The topological polar surface area (TPSA) is 32.3 Å². The van der Waals surface area contributed by atoms with Gasteiger partial charge in [-0.1, -0.05) is 6.42 Å². The van der Waals surface area contributed by atoms with E-state index in [1.165, 1.54) is 12.8 Å². The maximum Gasteiger partial charge on any atom is 0.230 e. The molecule has 3 nitrogen and oxygen atoms in total. The summed E-state index contributed by atoms with van der Waals surface area (Å²) >= 11 is 0. The monoisotopic (exact) mass is 196 g/mol. The Kier molecular flexibility index (Phi) is 2.52. The molecule has 80 valence electrons. The molecule has 14 heavy (non-hydrogen) atoms. The molecule has 1 aliphatic heterocycles. The van der Waals surface area contributed by atoms with Crippen LogP contribution in [0.1, 0.15) is 26.2 Å². The fraction of sp³-hybridized carbons (Fsp3) is 0.909. The van der Waals surface area contributed by atoms with E-state index in [1.807, 2.05) is 18.9 Å². The van der Waals surface area contributed by atoms with E-state index in [9.17, 15) is 4.79 Å². The van der Waals surface area contributed by atoms with Gasteiger partial charge in [0.2, 0.25) is 5.91 Å². The largest absolute Gasteiger partial charge is 0.346 e. The molecule has 0 aromatic heterocycles. The zero-order valence-corrected chi connectivity index (χ0v) is 9.18. The van der Waals surface area contributed by atoms with Crippen molar-refractivity contribution in [3.05, 3.63) is 0 Å². The van der Waals surface area contributed by atoms with E-state index in [2.05, 4.69) is 5.32 Å². The molecule has 2 aliphatic rings. The third kappa shape index (κ3) is 1.26. The molecular formula is C11H20N2O. The normalized spacial score (nSPS) is 35.7. The first-order valence-electron chi connectivity index (χ1n) is 5.67. The second-order valence-electron chi connectivity index (χ2n) is 4.70. The van der Waals surface area contributed by atoms with Crippen LogP contribution in [0.15, 0.2) is 0 Å². The average Bonchev–Trinajstić information content (AvgIpc) is 2.73. The van der Waals surface area contributed by atoms with Gasteiger partial charge in [-0.05, 0) is 32.2 Å². The van der Waals surface area contributed by atoms with Gasteiger partial charge in [-0.3, -0.25) is 4.79 Å². The highest BCUT2D eigenvalue weighted by Gasteiger charge is 2.52. The van der Waals surface area contributed by atoms with Gasteiger partial charge in [0.1, 0.15) is 0 Å². The van der Waals surface area contributed by atoms with Gasteiger partial charge in [0.25, 0.3) is 0 Å². The molecule has 3 heteroatoms. The average molecular weight is 196 g/mol. The highest BCUT2D eigenvalue weighted by Crippen LogP contribution is 2.46. The Labute approximate surface area is 85.8 Å². The number of amides is 1. The fourth-order valence-corrected chi connectivity index (χ4v) is 3.02. The molecule has 0 radical (unpaired) electrons. The molecule has 1 saturated heterocycles. The van der Waals surface area contributed by atoms with Gasteiger partial charge in [0.05, 0.1) is 5.41 Å². The summed E-state index contributed by atoms with van der Waals surface area (Å²) in [6.07, 6.45) is 3.56. The van der Waals surface area contributed by atoms with Crippen LogP contribution in [-0.4, -0.2) is 37.5 Å². The summed E-state index contributed by atoms with van der Waals surface area (Å²) in [5.74, 6) is 0.969. The predicted molar refractivity (Wildman–Crippen MR) is 56.0 cm³/mol. The number of carbonyl (C=O) groups is 1. The molecule has 0 aromatic rings. The van der Waals surface area contributed by atoms with E-state index in [-0.39, 0.29) is 5.41 Å². The summed E-state index contributed by atoms with van der Waals surface area (Å²) in [7, 11) is 1.92. The van der Waals surface area contributed by atoms with Crippen molar-refractivity contribution in [3.63, 3.8) is 0 Å². The zero-order valence-electron chi connectivity index (χ0n) is 9.18. The van der Waals surface area contributed by atoms with Gasteiger partial charge in [-0.15, -0.1) is 0 Å². The molecule has 0 spiro atoms. The van der Waals surface area contributed by atoms with E-state index >= 15 is 0 Å². The first-order chi connectivity index (χ1) is 6.70. The Morgan fingerprint density at radius 3 is 3.14 bits per heavy atom. The first kappa shape index (κ1) is 9.97. The lowest BCUT2D eigenvalue weighted by Crippen LogP contribution is -2.44. The Balaban J connectivity index is 2.17. The Hall–Kier alpha value is -0.570. The highest BCUT2D eigenvalue weighted by atomic mass is 16.2. The van der Waals surface area contributed by atoms with Crippen LogP contribution in [0.3, 0.4) is 0 Å². The number of carbonyl (C=O) groups excluding carboxylic acids is 1. The van der Waals surface area contributed by atoms with Gasteiger partial charge in [0.15, 0.2) is 0 Å². The molecular weight excluding hydrogens is 176 g/mol. The molecule has 1 N–H and O–H groups in total. The van der Waals surface area contributed by atoms with Crippen LogP contribution in [0.25, 0.3) is 0 Å². The van der Waals surface area contributed by atoms with Crippen molar-refractivity contribution in [1.82, 2.24) is 10.2 Å². The van der Waals surface area contributed by atoms with E-state index < -0.39 is 0 Å². The van der Waals surface area contributed by atoms with Gasteiger partial charge in [-0.2, -0.15) is 0 Å². The molecule has 2 rings (SSSR count). The van der Waals surface area contributed by atoms with Crippen LogP contribution in [0.4, 0.5) is 0 Å². The Bertz CT molecular complexity index is 229. The second kappa shape index (κ2) is 3.54. The Morgan fingerprint density at radius 1 is 1.64 bits per heavy atom. The summed E-state index contributed by atoms with van der Waals surface area (Å²) in [6.45, 7) is 4.82. The molecule has 1 aliphatic carbocycles. The molecule has 1 amide bonds. The molecule has 2 atom stereocenters. The smallest absolute Gasteiger partial charge is 0.230 e. The lowest BCUT2D eigenvalue weighted by molar-refractivity contribution is -0.140. The third-order valence-electron chi connectivity index (χ3n) is 4.04. The lowest BCUT2D eigenvalue weighted by Gasteiger charge is -2.31. The number of hydrogen-bond donors (Lipinski definition) is 1. The van der Waals surface area contributed by atoms with Crippen LogP contribution in [0.2, 0.25) is 0 Å². The summed E-state index contributed by atoms with van der Waals surface area (Å²) in [4.78, 5) is 14.1. The van der Waals surface area contributed by atoms with Crippen molar-refractivity contribution in [2.75, 3.05) is 26.7 Å². The van der Waals surface area contributed by atoms with Crippen LogP contribution in [0, 0.1) is 11.3 Å². The number of hydrogen-bond acceptors (Lipinski definition) is 2. The molecule has 1 heterocycles. The SMILES string of the molecule is CCN(C)C(=O)[C@@]12CCC[C@@H]1CNC2. The minimum Gasteiger partial charge on any atom is -0.346 e. The van der Waals surface area contributed by atoms with Crippen LogP contribution < -0.4 is 5.32 Å². The lowest BCUT2D eigenvalue weighted by atomic mass is 9.79. The van der Waals surface area contributed by atoms with E-state index in [0.717, 1.165) is 26.1 Å². The first-order valence-corrected chi connectivity index (χ1v) is 5.67. The minimum atomic E-state index is -0.0369. The summed E-state index contributed by atoms with van der Waals surface area (Å²) < 4.78 is 0. The quantitative estimate of drug-likeness (QED) is 0.710. The van der Waals surface area contributed by atoms with Crippen molar-refractivity contribution >= 4 is 5.91 Å². The number of nitrogens with one attached hydrogen (secondary N) is 1. The summed E-state index contributed by atoms with van der Waals surface area (Å²) in [6, 6.07) is 0. The van der Waals surface area contributed by atoms with Gasteiger partial charge >= 0.3 is 0 Å². The second-order valence-corrected chi connectivity index (χ2v) is 4.70. The van der Waals surface area contributed by atoms with Crippen molar-refractivity contribution < 1.29 is 4.79 Å². The van der Waals surface area contributed by atoms with Crippen molar-refractivity contribution in [2.45, 2.75) is 26.2 Å². The molecule has 0 bridgehead atoms. The van der Waals surface area contributed by atoms with Crippen molar-refractivity contribution in [3.8, 4) is 0 Å². The molecule has 1 saturated carbocycles. The molecule has 0 unspecified atom stereocenters. The third-order valence-corrected chi connectivity index (χ3v) is 4.04. The highest BCUT2D eigenvalue weighted by molar-refractivity contribution is 5.84. The summed E-state index contributed by atoms with van der Waals surface area (Å²) in [5, 5.41) is 3.38. The standard InChI is InChI=1S/C11H20N2O/c1-3-13(2)10(14)11-6-4-5-9(11)7-12-8-11/h9,12H,3-8H2,1-2H3/t9-,11-/m1/s1. The maximum atomic E-state index is 12.3. The zero-order chi connectivity index (χ0) is 10.2. The van der Waals surface area contributed by atoms with Crippen molar-refractivity contribution in [2.24, 2.45) is 11.3 Å². The molecule has 0 aromatic carbocycles. The van der Waals surface area contributed by atoms with E-state index in [1.54, 1.807) is 0 Å². The van der Waals surface area contributed by atoms with Gasteiger partial charge < -0.3 is 10.2 Å². The maximum absolute atomic E-state index is 12.3. The fourth-order valence-electron chi connectivity index (χ4n) is 3.02. The minimum absolute atomic E-state index is 0.0369. The number of rotatable bonds is 2. The van der Waals surface area contributed by atoms with Crippen LogP contribution >= 0.6 is 0 Å². The van der Waals surface area contributed by atoms with E-state index in [0.29, 0.717) is 11.8 Å². The predicted octanol–water partition coefficient (Wildman–Crippen LogP) is 0.854. The van der Waals surface area contributed by atoms with E-state index in [4.69, 9.17) is 0 Å². The van der Waals surface area contributed by atoms with Crippen molar-refractivity contribution in [1.29, 1.82) is 0 Å². The van der Waals surface area contributed by atoms with Gasteiger partial charge in [0, 0.05) is 20.1 Å². The summed E-state index contributed by atoms with van der Waals surface area (Å²) in [5.41, 5.74) is -0.0369. The number of nitrogens with zero attached hydrogens (tertiary/aromatic N) is 1. The Morgan fingerprint density at radius 2 is 2.43 bits per heavy atom. The van der Waals surface area contributed by atoms with Gasteiger partial charge in [-0.25, -0.2) is 0 Å². The van der Waals surface area contributed by atoms with Crippen LogP contribution in [-0.2, 0) is 4.79 Å². The van der Waals surface area contributed by atoms with Crippen LogP contribution in [0.5, 0.6) is 0 Å².